The molecule has 9 heteroatoms. The molecule has 1 N–H and O–H groups in total. The van der Waals surface area contributed by atoms with Gasteiger partial charge in [0.05, 0.1) is 34.4 Å². The third-order valence-electron chi connectivity index (χ3n) is 10.8. The Kier molecular flexibility index (Phi) is 45.9. The van der Waals surface area contributed by atoms with E-state index in [1.165, 1.54) is 51.4 Å². The van der Waals surface area contributed by atoms with Crippen LogP contribution in [0.2, 0.25) is 0 Å². The topological polar surface area (TPSA) is 108 Å². The molecule has 0 aliphatic heterocycles. The predicted octanol–water partition coefficient (Wildman–Crippen LogP) is 15.0. The van der Waals surface area contributed by atoms with Crippen LogP contribution in [0.5, 0.6) is 0 Å². The second kappa shape index (κ2) is 48.7. The molecule has 2 unspecified atom stereocenters. The molecule has 0 aliphatic carbocycles. The quantitative estimate of drug-likeness (QED) is 0.0211. The number of unbranched alkanes of at least 4 members (excludes halogenated alkanes) is 16. The predicted molar refractivity (Wildman–Crippen MR) is 281 cm³/mol. The Labute approximate surface area is 410 Å². The lowest BCUT2D eigenvalue weighted by Crippen LogP contribution is -2.40. The summed E-state index contributed by atoms with van der Waals surface area (Å²) < 4.78 is 22.8. The van der Waals surface area contributed by atoms with Crippen LogP contribution in [0.3, 0.4) is 0 Å². The summed E-state index contributed by atoms with van der Waals surface area (Å²) in [6, 6.07) is 0. The van der Waals surface area contributed by atoms with Gasteiger partial charge in [-0.05, 0) is 96.3 Å². The number of hydrogen-bond acceptors (Lipinski definition) is 7. The van der Waals surface area contributed by atoms with Crippen molar-refractivity contribution in [3.63, 3.8) is 0 Å². The van der Waals surface area contributed by atoms with Crippen LogP contribution in [-0.4, -0.2) is 87.4 Å². The zero-order valence-corrected chi connectivity index (χ0v) is 43.3. The van der Waals surface area contributed by atoms with Gasteiger partial charge in [-0.15, -0.1) is 0 Å². The normalized spacial score (nSPS) is 13.6. The van der Waals surface area contributed by atoms with Gasteiger partial charge in [-0.3, -0.25) is 9.59 Å². The molecule has 0 aromatic carbocycles. The second-order valence-electron chi connectivity index (χ2n) is 18.4. The van der Waals surface area contributed by atoms with E-state index in [4.69, 9.17) is 18.9 Å². The van der Waals surface area contributed by atoms with Crippen LogP contribution < -0.4 is 0 Å². The van der Waals surface area contributed by atoms with Gasteiger partial charge < -0.3 is 28.5 Å². The van der Waals surface area contributed by atoms with Crippen LogP contribution in [0, 0.1) is 0 Å². The Bertz CT molecular complexity index is 1420. The molecule has 9 nitrogen and oxygen atoms in total. The number of rotatable bonds is 47. The summed E-state index contributed by atoms with van der Waals surface area (Å²) >= 11 is 0. The smallest absolute Gasteiger partial charge is 0.361 e. The molecule has 0 rings (SSSR count). The van der Waals surface area contributed by atoms with Crippen molar-refractivity contribution in [2.75, 3.05) is 47.5 Å². The van der Waals surface area contributed by atoms with Gasteiger partial charge in [0.2, 0.25) is 0 Å². The van der Waals surface area contributed by atoms with Crippen molar-refractivity contribution in [2.45, 2.75) is 206 Å². The molecule has 67 heavy (non-hydrogen) atoms. The van der Waals surface area contributed by atoms with Crippen LogP contribution in [-0.2, 0) is 33.3 Å². The first-order valence-electron chi connectivity index (χ1n) is 26.4. The number of carboxylic acids is 1. The minimum absolute atomic E-state index is 0.179. The third kappa shape index (κ3) is 49.9. The van der Waals surface area contributed by atoms with E-state index in [1.807, 2.05) is 21.1 Å². The number of aliphatic carboxylic acids is 1. The average molecular weight is 937 g/mol. The van der Waals surface area contributed by atoms with E-state index >= 15 is 0 Å². The number of ether oxygens (including phenoxy) is 4. The maximum absolute atomic E-state index is 12.8. The highest BCUT2D eigenvalue weighted by molar-refractivity contribution is 5.71. The first-order chi connectivity index (χ1) is 32.6. The van der Waals surface area contributed by atoms with Gasteiger partial charge in [0.25, 0.3) is 6.29 Å². The number of quaternary nitrogens is 1. The average Bonchev–Trinajstić information content (AvgIpc) is 3.29. The van der Waals surface area contributed by atoms with Crippen molar-refractivity contribution in [3.05, 3.63) is 97.2 Å². The lowest BCUT2D eigenvalue weighted by Gasteiger charge is -2.25. The molecule has 0 saturated heterocycles. The Morgan fingerprint density at radius 2 is 0.851 bits per heavy atom. The highest BCUT2D eigenvalue weighted by atomic mass is 16.7. The van der Waals surface area contributed by atoms with Gasteiger partial charge in [-0.25, -0.2) is 4.79 Å². The van der Waals surface area contributed by atoms with Crippen LogP contribution in [0.4, 0.5) is 0 Å². The van der Waals surface area contributed by atoms with Crippen molar-refractivity contribution in [3.8, 4) is 0 Å². The van der Waals surface area contributed by atoms with Crippen molar-refractivity contribution < 1.29 is 42.9 Å². The van der Waals surface area contributed by atoms with E-state index in [2.05, 4.69) is 111 Å². The molecule has 0 heterocycles. The molecule has 0 saturated carbocycles. The summed E-state index contributed by atoms with van der Waals surface area (Å²) in [5.74, 6) is -2.04. The fraction of sp³-hybridized carbons (Fsp3) is 0.672. The molecule has 0 radical (unpaired) electrons. The molecule has 0 aromatic rings. The number of likely N-dealkylation sites (N-methyl/N-ethyl adjacent to an activating group) is 1. The van der Waals surface area contributed by atoms with Crippen LogP contribution in [0.1, 0.15) is 194 Å². The molecular formula is C58H98NO8+. The SMILES string of the molecule is CC/C=C\C/C=C\C/C=C\C/C=C\C/C=C\C/C=C\C/C=C\CCCCCCCCCC(=O)OC(COC(=O)CCCCCCC/C=C\CCCCCC)COC(OCC[N+](C)(C)C)C(=O)O. The Morgan fingerprint density at radius 3 is 1.28 bits per heavy atom. The zero-order chi connectivity index (χ0) is 49.2. The first kappa shape index (κ1) is 63.2. The molecule has 0 bridgehead atoms. The number of carbonyl (C=O) groups is 3. The number of allylic oxidation sites excluding steroid dienone is 16. The molecule has 0 aromatic heterocycles. The Morgan fingerprint density at radius 1 is 0.463 bits per heavy atom. The number of hydrogen-bond donors (Lipinski definition) is 1. The van der Waals surface area contributed by atoms with E-state index < -0.39 is 24.3 Å². The van der Waals surface area contributed by atoms with Crippen molar-refractivity contribution in [1.29, 1.82) is 0 Å². The summed E-state index contributed by atoms with van der Waals surface area (Å²) in [4.78, 5) is 37.3. The van der Waals surface area contributed by atoms with Gasteiger partial charge in [0, 0.05) is 12.8 Å². The third-order valence-corrected chi connectivity index (χ3v) is 10.8. The van der Waals surface area contributed by atoms with E-state index in [-0.39, 0.29) is 38.6 Å². The summed E-state index contributed by atoms with van der Waals surface area (Å²) in [5, 5.41) is 9.67. The van der Waals surface area contributed by atoms with Crippen molar-refractivity contribution in [2.24, 2.45) is 0 Å². The van der Waals surface area contributed by atoms with E-state index in [0.717, 1.165) is 109 Å². The number of esters is 2. The summed E-state index contributed by atoms with van der Waals surface area (Å²) in [6.07, 6.45) is 61.9. The fourth-order valence-corrected chi connectivity index (χ4v) is 6.75. The van der Waals surface area contributed by atoms with Crippen LogP contribution in [0.25, 0.3) is 0 Å². The van der Waals surface area contributed by atoms with Crippen molar-refractivity contribution in [1.82, 2.24) is 0 Å². The minimum Gasteiger partial charge on any atom is -0.477 e. The maximum Gasteiger partial charge on any atom is 0.361 e. The Hall–Kier alpha value is -3.79. The molecule has 0 aliphatic rings. The van der Waals surface area contributed by atoms with E-state index in [1.54, 1.807) is 0 Å². The highest BCUT2D eigenvalue weighted by Crippen LogP contribution is 2.13. The number of carboxylic acid groups (broad SMARTS) is 1. The zero-order valence-electron chi connectivity index (χ0n) is 43.3. The van der Waals surface area contributed by atoms with E-state index in [9.17, 15) is 19.5 Å². The van der Waals surface area contributed by atoms with Gasteiger partial charge in [0.1, 0.15) is 13.2 Å². The molecular weight excluding hydrogens is 839 g/mol. The van der Waals surface area contributed by atoms with Crippen LogP contribution in [0.15, 0.2) is 97.2 Å². The Balaban J connectivity index is 4.32. The minimum atomic E-state index is -1.52. The first-order valence-corrected chi connectivity index (χ1v) is 26.4. The lowest BCUT2D eigenvalue weighted by atomic mass is 10.1. The van der Waals surface area contributed by atoms with Gasteiger partial charge >= 0.3 is 17.9 Å². The molecule has 0 spiro atoms. The molecule has 0 fully saturated rings. The molecule has 0 amide bonds. The van der Waals surface area contributed by atoms with Gasteiger partial charge in [-0.1, -0.05) is 182 Å². The molecule has 2 atom stereocenters. The summed E-state index contributed by atoms with van der Waals surface area (Å²) in [5.41, 5.74) is 0. The van der Waals surface area contributed by atoms with Gasteiger partial charge in [0.15, 0.2) is 6.10 Å². The fourth-order valence-electron chi connectivity index (χ4n) is 6.75. The largest absolute Gasteiger partial charge is 0.477 e. The standard InChI is InChI=1S/C58H97NO8/c1-6-8-10-12-14-16-18-20-21-22-23-24-25-26-27-28-29-30-31-32-33-34-35-37-39-41-43-45-47-49-56(61)67-54(53-66-58(57(62)63)64-51-50-59(3,4)5)52-65-55(60)48-46-44-42-40-38-36-19-17-15-13-11-9-7-2/h8,10,14,16-17,19-21,23-24,26-27,29-30,32-33,54,58H,6-7,9,11-13,15,18,22,25,28,31,34-53H2,1-5H3/p+1/b10-8-,16-14-,19-17-,21-20-,24-23-,27-26-,30-29-,33-32-. The van der Waals surface area contributed by atoms with Crippen molar-refractivity contribution >= 4 is 17.9 Å². The number of carbonyl (C=O) groups excluding carboxylic acids is 2. The monoisotopic (exact) mass is 937 g/mol. The maximum atomic E-state index is 12.8. The second-order valence-corrected chi connectivity index (χ2v) is 18.4. The number of nitrogens with zero attached hydrogens (tertiary/aromatic N) is 1. The summed E-state index contributed by atoms with van der Waals surface area (Å²) in [7, 11) is 5.95. The lowest BCUT2D eigenvalue weighted by molar-refractivity contribution is -0.870. The van der Waals surface area contributed by atoms with E-state index in [0.29, 0.717) is 17.4 Å². The summed E-state index contributed by atoms with van der Waals surface area (Å²) in [6.45, 7) is 4.70. The van der Waals surface area contributed by atoms with Gasteiger partial charge in [-0.2, -0.15) is 0 Å². The van der Waals surface area contributed by atoms with Crippen LogP contribution >= 0.6 is 0 Å². The molecule has 382 valence electrons. The highest BCUT2D eigenvalue weighted by Gasteiger charge is 2.25.